The van der Waals surface area contributed by atoms with Crippen LogP contribution in [0.25, 0.3) is 0 Å². The molecule has 2 saturated carbocycles. The number of aliphatic hydroxyl groups excluding tert-OH is 1. The van der Waals surface area contributed by atoms with Gasteiger partial charge < -0.3 is 5.11 Å². The highest BCUT2D eigenvalue weighted by atomic mass is 16.3. The lowest BCUT2D eigenvalue weighted by Gasteiger charge is -2.50. The zero-order chi connectivity index (χ0) is 13.9. The number of hydrogen-bond donors (Lipinski definition) is 1. The van der Waals surface area contributed by atoms with Crippen molar-refractivity contribution in [1.29, 1.82) is 0 Å². The van der Waals surface area contributed by atoms with Crippen molar-refractivity contribution in [3.63, 3.8) is 0 Å². The molecule has 4 rings (SSSR count). The summed E-state index contributed by atoms with van der Waals surface area (Å²) in [7, 11) is 0. The van der Waals surface area contributed by atoms with Gasteiger partial charge in [0.25, 0.3) is 0 Å². The molecule has 4 aliphatic rings. The molecule has 108 valence electrons. The van der Waals surface area contributed by atoms with E-state index in [1.165, 1.54) is 37.7 Å². The van der Waals surface area contributed by atoms with Crippen LogP contribution in [0.4, 0.5) is 0 Å². The van der Waals surface area contributed by atoms with Gasteiger partial charge in [-0.3, -0.25) is 4.79 Å². The minimum Gasteiger partial charge on any atom is -0.385 e. The first-order valence-electron chi connectivity index (χ1n) is 8.21. The van der Waals surface area contributed by atoms with Crippen LogP contribution in [-0.2, 0) is 4.79 Å². The molecular weight excluding hydrogens is 248 g/mol. The highest BCUT2D eigenvalue weighted by molar-refractivity contribution is 5.95. The molecule has 5 atom stereocenters. The maximum absolute atomic E-state index is 11.7. The molecule has 0 bridgehead atoms. The summed E-state index contributed by atoms with van der Waals surface area (Å²) in [5.74, 6) is 1.80. The van der Waals surface area contributed by atoms with Crippen molar-refractivity contribution < 1.29 is 9.90 Å². The molecule has 2 fully saturated rings. The molecule has 0 saturated heterocycles. The molecule has 0 aromatic heterocycles. The van der Waals surface area contributed by atoms with Crippen LogP contribution in [-0.4, -0.2) is 17.0 Å². The van der Waals surface area contributed by atoms with Crippen LogP contribution in [0.15, 0.2) is 23.3 Å². The smallest absolute Gasteiger partial charge is 0.184 e. The van der Waals surface area contributed by atoms with Crippen LogP contribution in [0.5, 0.6) is 0 Å². The third-order valence-corrected chi connectivity index (χ3v) is 6.57. The summed E-state index contributed by atoms with van der Waals surface area (Å²) in [5, 5.41) is 9.94. The number of hydrogen-bond acceptors (Lipinski definition) is 2. The molecule has 0 aliphatic heterocycles. The van der Waals surface area contributed by atoms with Gasteiger partial charge in [0.15, 0.2) is 5.78 Å². The molecule has 1 N–H and O–H groups in total. The Labute approximate surface area is 120 Å². The fraction of sp³-hybridized carbons (Fsp3) is 0.722. The summed E-state index contributed by atoms with van der Waals surface area (Å²) >= 11 is 0. The molecule has 2 heteroatoms. The van der Waals surface area contributed by atoms with E-state index in [0.717, 1.165) is 12.3 Å². The molecule has 0 aromatic carbocycles. The van der Waals surface area contributed by atoms with Crippen molar-refractivity contribution >= 4 is 5.78 Å². The van der Waals surface area contributed by atoms with Crippen LogP contribution in [0.1, 0.15) is 51.9 Å². The molecule has 20 heavy (non-hydrogen) atoms. The second kappa shape index (κ2) is 4.30. The lowest BCUT2D eigenvalue weighted by Crippen LogP contribution is -2.43. The van der Waals surface area contributed by atoms with Gasteiger partial charge in [0.2, 0.25) is 0 Å². The van der Waals surface area contributed by atoms with Gasteiger partial charge in [-0.2, -0.15) is 0 Å². The van der Waals surface area contributed by atoms with E-state index in [1.54, 1.807) is 11.6 Å². The van der Waals surface area contributed by atoms with Gasteiger partial charge in [-0.15, -0.1) is 0 Å². The van der Waals surface area contributed by atoms with E-state index in [4.69, 9.17) is 0 Å². The average molecular weight is 272 g/mol. The van der Waals surface area contributed by atoms with E-state index >= 15 is 0 Å². The lowest BCUT2D eigenvalue weighted by molar-refractivity contribution is -0.124. The summed E-state index contributed by atoms with van der Waals surface area (Å²) in [4.78, 5) is 11.7. The molecule has 0 aromatic rings. The Bertz CT molecular complexity index is 514. The quantitative estimate of drug-likeness (QED) is 0.686. The first kappa shape index (κ1) is 12.8. The first-order chi connectivity index (χ1) is 9.58. The SMILES string of the molecule is C[C@@]12CCC=C1[C@@H]1CCC3=CC(=O)C(O)C[C@@H]3[C@H]1CC2. The van der Waals surface area contributed by atoms with Crippen LogP contribution >= 0.6 is 0 Å². The van der Waals surface area contributed by atoms with E-state index in [0.29, 0.717) is 23.7 Å². The fourth-order valence-electron chi connectivity index (χ4n) is 5.50. The minimum absolute atomic E-state index is 0.0598. The van der Waals surface area contributed by atoms with Crippen LogP contribution < -0.4 is 0 Å². The molecule has 0 radical (unpaired) electrons. The van der Waals surface area contributed by atoms with Crippen LogP contribution in [0.2, 0.25) is 0 Å². The van der Waals surface area contributed by atoms with Gasteiger partial charge in [0.05, 0.1) is 0 Å². The van der Waals surface area contributed by atoms with E-state index in [9.17, 15) is 9.90 Å². The highest BCUT2D eigenvalue weighted by Gasteiger charge is 2.49. The molecule has 4 aliphatic carbocycles. The largest absolute Gasteiger partial charge is 0.385 e. The number of carbonyl (C=O) groups is 1. The van der Waals surface area contributed by atoms with Crippen molar-refractivity contribution in [2.45, 2.75) is 58.0 Å². The van der Waals surface area contributed by atoms with Crippen molar-refractivity contribution in [2.75, 3.05) is 0 Å². The second-order valence-electron chi connectivity index (χ2n) is 7.59. The van der Waals surface area contributed by atoms with E-state index in [-0.39, 0.29) is 5.78 Å². The van der Waals surface area contributed by atoms with Gasteiger partial charge >= 0.3 is 0 Å². The molecule has 0 heterocycles. The number of aliphatic hydroxyl groups is 1. The van der Waals surface area contributed by atoms with Crippen molar-refractivity contribution in [3.05, 3.63) is 23.3 Å². The number of allylic oxidation sites excluding steroid dienone is 3. The molecule has 0 spiro atoms. The Morgan fingerprint density at radius 1 is 1.25 bits per heavy atom. The summed E-state index contributed by atoms with van der Waals surface area (Å²) in [6, 6.07) is 0. The Hall–Kier alpha value is -0.890. The lowest BCUT2D eigenvalue weighted by atomic mass is 9.54. The Kier molecular flexibility index (Phi) is 2.76. The van der Waals surface area contributed by atoms with Crippen molar-refractivity contribution in [2.24, 2.45) is 23.2 Å². The van der Waals surface area contributed by atoms with Crippen LogP contribution in [0, 0.1) is 23.2 Å². The molecule has 1 unspecified atom stereocenters. The van der Waals surface area contributed by atoms with E-state index < -0.39 is 6.10 Å². The summed E-state index contributed by atoms with van der Waals surface area (Å²) in [6.07, 6.45) is 11.7. The maximum Gasteiger partial charge on any atom is 0.184 e. The summed E-state index contributed by atoms with van der Waals surface area (Å²) < 4.78 is 0. The number of fused-ring (bicyclic) bond motifs is 5. The minimum atomic E-state index is -0.742. The number of rotatable bonds is 0. The monoisotopic (exact) mass is 272 g/mol. The fourth-order valence-corrected chi connectivity index (χ4v) is 5.50. The Balaban J connectivity index is 1.67. The predicted molar refractivity (Wildman–Crippen MR) is 78.1 cm³/mol. The maximum atomic E-state index is 11.7. The number of carbonyl (C=O) groups excluding carboxylic acids is 1. The average Bonchev–Trinajstić information content (AvgIpc) is 2.82. The van der Waals surface area contributed by atoms with Gasteiger partial charge in [-0.05, 0) is 74.2 Å². The molecule has 0 amide bonds. The van der Waals surface area contributed by atoms with Crippen LogP contribution in [0.3, 0.4) is 0 Å². The topological polar surface area (TPSA) is 37.3 Å². The van der Waals surface area contributed by atoms with E-state index in [2.05, 4.69) is 13.0 Å². The van der Waals surface area contributed by atoms with Crippen molar-refractivity contribution in [3.8, 4) is 0 Å². The summed E-state index contributed by atoms with van der Waals surface area (Å²) in [5.41, 5.74) is 3.52. The molecule has 2 nitrogen and oxygen atoms in total. The third-order valence-electron chi connectivity index (χ3n) is 6.57. The predicted octanol–water partition coefficient (Wildman–Crippen LogP) is 3.41. The van der Waals surface area contributed by atoms with E-state index in [1.807, 2.05) is 0 Å². The zero-order valence-electron chi connectivity index (χ0n) is 12.3. The third kappa shape index (κ3) is 1.70. The zero-order valence-corrected chi connectivity index (χ0v) is 12.3. The first-order valence-corrected chi connectivity index (χ1v) is 8.21. The summed E-state index contributed by atoms with van der Waals surface area (Å²) in [6.45, 7) is 2.45. The van der Waals surface area contributed by atoms with Gasteiger partial charge in [0.1, 0.15) is 6.10 Å². The standard InChI is InChI=1S/C18H24O2/c1-18-7-2-3-15(18)13-5-4-11-9-16(19)17(20)10-14(11)12(13)6-8-18/h3,9,12-14,17,20H,2,4-8,10H2,1H3/t12-,13+,14-,17?,18-/m0/s1. The highest BCUT2D eigenvalue weighted by Crippen LogP contribution is 2.59. The van der Waals surface area contributed by atoms with Crippen molar-refractivity contribution in [1.82, 2.24) is 0 Å². The Morgan fingerprint density at radius 3 is 2.95 bits per heavy atom. The normalized spacial score (nSPS) is 47.0. The number of ketones is 1. The van der Waals surface area contributed by atoms with Gasteiger partial charge in [0, 0.05) is 0 Å². The molecular formula is C18H24O2. The Morgan fingerprint density at radius 2 is 2.10 bits per heavy atom. The van der Waals surface area contributed by atoms with Gasteiger partial charge in [-0.25, -0.2) is 0 Å². The van der Waals surface area contributed by atoms with Gasteiger partial charge in [-0.1, -0.05) is 24.1 Å². The second-order valence-corrected chi connectivity index (χ2v) is 7.59.